The van der Waals surface area contributed by atoms with E-state index >= 15 is 0 Å². The number of aromatic amines is 2. The van der Waals surface area contributed by atoms with E-state index in [-0.39, 0.29) is 34.8 Å². The van der Waals surface area contributed by atoms with Gasteiger partial charge >= 0.3 is 11.8 Å². The molecule has 0 amide bonds. The van der Waals surface area contributed by atoms with Crippen molar-refractivity contribution in [1.82, 2.24) is 61.3 Å². The first-order valence-corrected chi connectivity index (χ1v) is 9.66. The van der Waals surface area contributed by atoms with Crippen LogP contribution in [0.2, 0.25) is 0 Å². The van der Waals surface area contributed by atoms with Crippen LogP contribution in [-0.4, -0.2) is 66.2 Å². The zero-order chi connectivity index (χ0) is 28.5. The largest absolute Gasteiger partial charge is 0.381 e. The van der Waals surface area contributed by atoms with Gasteiger partial charge < -0.3 is 18.3 Å². The van der Waals surface area contributed by atoms with Crippen molar-refractivity contribution in [2.45, 2.75) is 0 Å². The molecule has 6 rings (SSSR count). The Kier molecular flexibility index (Phi) is 7.59. The molecule has 28 nitrogen and oxygen atoms in total. The summed E-state index contributed by atoms with van der Waals surface area (Å²) in [6.45, 7) is 0. The molecule has 40 heavy (non-hydrogen) atoms. The average Bonchev–Trinajstić information content (AvgIpc) is 3.73. The Bertz CT molecular complexity index is 1690. The van der Waals surface area contributed by atoms with Gasteiger partial charge in [0, 0.05) is 10.2 Å². The van der Waals surface area contributed by atoms with Gasteiger partial charge in [-0.2, -0.15) is 20.3 Å². The molecule has 0 aromatic carbocycles. The number of rotatable bonds is 6. The number of nitrogens with two attached hydrogens (primary N) is 2. The monoisotopic (exact) mass is 562 g/mol. The van der Waals surface area contributed by atoms with Gasteiger partial charge in [0.1, 0.15) is 10.5 Å². The average molecular weight is 562 g/mol. The molecule has 0 spiro atoms. The third kappa shape index (κ3) is 6.53. The predicted octanol–water partition coefficient (Wildman–Crippen LogP) is -4.11. The summed E-state index contributed by atoms with van der Waals surface area (Å²) < 4.78 is 21.2. The van der Waals surface area contributed by atoms with Crippen LogP contribution < -0.4 is 31.7 Å². The highest BCUT2D eigenvalue weighted by molar-refractivity contribution is 5.66. The van der Waals surface area contributed by atoms with Crippen LogP contribution in [0.15, 0.2) is 48.7 Å². The molecule has 6 aromatic rings. The standard InChI is InChI=1S/C8N12O8.2C2H4N4/c21-19(22)11-5-1(13-27-17-5)3-9-7(25-15-3)8-10-4(16-26-8)2-6(12-20(23)24)18-28-14-2;2*3-6-1-4-5-2-6/h;2*1-2H,3H2/q-2;;/p+2. The maximum absolute atomic E-state index is 10.5. The van der Waals surface area contributed by atoms with Crippen molar-refractivity contribution < 1.29 is 37.7 Å². The fourth-order valence-corrected chi connectivity index (χ4v) is 2.22. The van der Waals surface area contributed by atoms with E-state index in [1.165, 1.54) is 22.0 Å². The van der Waals surface area contributed by atoms with Crippen molar-refractivity contribution >= 4 is 5.82 Å². The first-order chi connectivity index (χ1) is 19.3. The van der Waals surface area contributed by atoms with E-state index in [1.54, 1.807) is 12.7 Å². The molecular weight excluding hydrogens is 552 g/mol. The number of nitrogens with one attached hydrogen (secondary N) is 2. The van der Waals surface area contributed by atoms with Crippen LogP contribution in [0.4, 0.5) is 5.82 Å². The molecule has 0 radical (unpaired) electrons. The molecule has 6 heterocycles. The second-order valence-electron chi connectivity index (χ2n) is 6.29. The van der Waals surface area contributed by atoms with Gasteiger partial charge in [-0.05, 0) is 0 Å². The van der Waals surface area contributed by atoms with Crippen molar-refractivity contribution in [3.8, 4) is 34.8 Å². The molecule has 6 aromatic heterocycles. The van der Waals surface area contributed by atoms with E-state index in [4.69, 9.17) is 20.7 Å². The van der Waals surface area contributed by atoms with E-state index < -0.39 is 21.4 Å². The third-order valence-corrected chi connectivity index (χ3v) is 3.70. The van der Waals surface area contributed by atoms with Crippen LogP contribution in [0.3, 0.4) is 0 Å². The molecule has 0 fully saturated rings. The van der Waals surface area contributed by atoms with Crippen molar-refractivity contribution in [3.05, 3.63) is 56.5 Å². The van der Waals surface area contributed by atoms with Crippen LogP contribution >= 0.6 is 0 Å². The molecule has 0 aliphatic heterocycles. The summed E-state index contributed by atoms with van der Waals surface area (Å²) in [6.07, 6.45) is 6.03. The summed E-state index contributed by atoms with van der Waals surface area (Å²) in [4.78, 5) is 28.6. The van der Waals surface area contributed by atoms with E-state index in [0.29, 0.717) is 0 Å². The maximum atomic E-state index is 10.5. The predicted molar refractivity (Wildman–Crippen MR) is 110 cm³/mol. The fraction of sp³-hybridized carbons (Fsp3) is 0. The highest BCUT2D eigenvalue weighted by atomic mass is 16.7. The summed E-state index contributed by atoms with van der Waals surface area (Å²) in [5.41, 5.74) is 1.89. The Labute approximate surface area is 213 Å². The summed E-state index contributed by atoms with van der Waals surface area (Å²) in [6, 6.07) is 0. The third-order valence-electron chi connectivity index (χ3n) is 3.70. The Morgan fingerprint density at radius 3 is 1.98 bits per heavy atom. The lowest BCUT2D eigenvalue weighted by Crippen LogP contribution is -2.41. The number of aromatic nitrogens is 14. The molecule has 0 saturated carbocycles. The molecule has 0 aliphatic rings. The van der Waals surface area contributed by atoms with Crippen LogP contribution in [0, 0.1) is 20.2 Å². The number of hydrogen-bond acceptors (Lipinski definition) is 19. The normalized spacial score (nSPS) is 10.8. The highest BCUT2D eigenvalue weighted by Crippen LogP contribution is 2.29. The number of nitrogens with zero attached hydrogens (tertiary/aromatic N) is 16. The molecule has 0 unspecified atom stereocenters. The minimum absolute atomic E-state index is 0.274. The number of H-pyrrole nitrogens is 2. The summed E-state index contributed by atoms with van der Waals surface area (Å²) >= 11 is 0. The smallest absolute Gasteiger partial charge is 0.316 e. The number of nitro groups is 2. The van der Waals surface area contributed by atoms with Crippen LogP contribution in [0.25, 0.3) is 40.2 Å². The Balaban J connectivity index is 0.000000253. The zero-order valence-electron chi connectivity index (χ0n) is 18.9. The van der Waals surface area contributed by atoms with Gasteiger partial charge in [-0.25, -0.2) is 10.1 Å². The van der Waals surface area contributed by atoms with Crippen molar-refractivity contribution in [3.63, 3.8) is 0 Å². The molecule has 0 aliphatic carbocycles. The van der Waals surface area contributed by atoms with E-state index in [1.807, 2.05) is 0 Å². The lowest BCUT2D eigenvalue weighted by Gasteiger charge is -1.97. The summed E-state index contributed by atoms with van der Waals surface area (Å²) in [5.74, 6) is 8.50. The minimum Gasteiger partial charge on any atom is -0.381 e. The Hall–Kier alpha value is -7.16. The van der Waals surface area contributed by atoms with Crippen LogP contribution in [0.5, 0.6) is 0 Å². The fourth-order valence-electron chi connectivity index (χ4n) is 2.22. The van der Waals surface area contributed by atoms with Gasteiger partial charge in [-0.1, -0.05) is 20.6 Å². The SMILES string of the molecule is N[n+]1cn[nH]c1.N[n+]1cn[nH]c1.O=[N+]([O-])/N=c1\[n-]onc1-c1noc(-c2nc(-c3nonc3[N-][N+](=O)[O-])no2)n1. The highest BCUT2D eigenvalue weighted by Gasteiger charge is 2.21. The van der Waals surface area contributed by atoms with Gasteiger partial charge in [0.05, 0.1) is 16.5 Å². The second kappa shape index (κ2) is 11.7. The lowest BCUT2D eigenvalue weighted by atomic mass is 10.4. The van der Waals surface area contributed by atoms with Crippen molar-refractivity contribution in [2.75, 3.05) is 11.7 Å². The van der Waals surface area contributed by atoms with E-state index in [9.17, 15) is 20.2 Å². The van der Waals surface area contributed by atoms with Crippen molar-refractivity contribution in [2.24, 2.45) is 5.10 Å². The second-order valence-corrected chi connectivity index (χ2v) is 6.29. The molecule has 0 bridgehead atoms. The molecule has 206 valence electrons. The minimum atomic E-state index is -1.02. The van der Waals surface area contributed by atoms with Crippen LogP contribution in [-0.2, 0) is 0 Å². The first-order valence-electron chi connectivity index (χ1n) is 9.66. The number of nitrogen functional groups attached to an aromatic ring is 2. The van der Waals surface area contributed by atoms with Gasteiger partial charge in [-0.15, -0.1) is 25.0 Å². The first kappa shape index (κ1) is 25.9. The molecule has 28 heteroatoms. The Morgan fingerprint density at radius 1 is 0.900 bits per heavy atom. The molecule has 0 atom stereocenters. The van der Waals surface area contributed by atoms with Gasteiger partial charge in [-0.3, -0.25) is 27.0 Å². The van der Waals surface area contributed by atoms with Gasteiger partial charge in [0.15, 0.2) is 5.69 Å². The Morgan fingerprint density at radius 2 is 1.50 bits per heavy atom. The number of hydrogen-bond donors (Lipinski definition) is 4. The molecule has 0 saturated heterocycles. The van der Waals surface area contributed by atoms with Gasteiger partial charge in [0.2, 0.25) is 24.3 Å². The van der Waals surface area contributed by atoms with E-state index in [2.05, 4.69) is 81.1 Å². The van der Waals surface area contributed by atoms with Gasteiger partial charge in [0.25, 0.3) is 12.7 Å². The maximum Gasteiger partial charge on any atom is 0.316 e. The molecule has 6 N–H and O–H groups in total. The summed E-state index contributed by atoms with van der Waals surface area (Å²) in [7, 11) is 0. The lowest BCUT2D eigenvalue weighted by molar-refractivity contribution is -0.639. The topological polar surface area (TPSA) is 387 Å². The van der Waals surface area contributed by atoms with E-state index in [0.717, 1.165) is 0 Å². The van der Waals surface area contributed by atoms with Crippen LogP contribution in [0.1, 0.15) is 0 Å². The summed E-state index contributed by atoms with van der Waals surface area (Å²) in [5, 5.41) is 54.2. The molecular formula is C12H10N20O8. The quantitative estimate of drug-likeness (QED) is 0.0647. The zero-order valence-corrected chi connectivity index (χ0v) is 18.9. The van der Waals surface area contributed by atoms with Crippen molar-refractivity contribution in [1.29, 1.82) is 0 Å².